The Morgan fingerprint density at radius 1 is 0.625 bits per heavy atom. The number of hydrogen-bond acceptors (Lipinski definition) is 4. The summed E-state index contributed by atoms with van der Waals surface area (Å²) in [7, 11) is 0. The van der Waals surface area contributed by atoms with Crippen LogP contribution in [0.2, 0.25) is 0 Å². The molecule has 0 aromatic heterocycles. The molecule has 0 aliphatic heterocycles. The van der Waals surface area contributed by atoms with E-state index in [2.05, 4.69) is 18.7 Å². The van der Waals surface area contributed by atoms with Gasteiger partial charge in [-0.2, -0.15) is 17.1 Å². The van der Waals surface area contributed by atoms with Crippen molar-refractivity contribution in [1.82, 2.24) is 0 Å². The third-order valence-electron chi connectivity index (χ3n) is 4.25. The van der Waals surface area contributed by atoms with Crippen molar-refractivity contribution in [2.24, 2.45) is 0 Å². The SMILES string of the molecule is CCCCCCCCCCCCCCCCCCSP([O-])([O-])=S.[Zn+2]. The second-order valence-corrected chi connectivity index (χ2v) is 12.5. The smallest absolute Gasteiger partial charge is 0.825 e. The molecule has 0 fully saturated rings. The molecule has 0 atom stereocenters. The third kappa shape index (κ3) is 25.8. The van der Waals surface area contributed by atoms with E-state index in [0.29, 0.717) is 5.75 Å². The third-order valence-corrected chi connectivity index (χ3v) is 7.48. The van der Waals surface area contributed by atoms with E-state index in [1.165, 1.54) is 89.9 Å². The van der Waals surface area contributed by atoms with Gasteiger partial charge in [0.1, 0.15) is 0 Å². The summed E-state index contributed by atoms with van der Waals surface area (Å²) in [6.07, 6.45) is 21.5. The zero-order valence-electron chi connectivity index (χ0n) is 15.8. The van der Waals surface area contributed by atoms with Crippen LogP contribution in [0.5, 0.6) is 0 Å². The summed E-state index contributed by atoms with van der Waals surface area (Å²) in [5, 5.41) is 0. The number of hydrogen-bond donors (Lipinski definition) is 0. The van der Waals surface area contributed by atoms with Gasteiger partial charge in [0.15, 0.2) is 0 Å². The molecule has 0 bridgehead atoms. The van der Waals surface area contributed by atoms with E-state index >= 15 is 0 Å². The topological polar surface area (TPSA) is 46.1 Å². The van der Waals surface area contributed by atoms with E-state index in [9.17, 15) is 9.79 Å². The van der Waals surface area contributed by atoms with E-state index in [1.807, 2.05) is 0 Å². The predicted molar refractivity (Wildman–Crippen MR) is 106 cm³/mol. The van der Waals surface area contributed by atoms with Gasteiger partial charge in [0.05, 0.1) is 0 Å². The molecule has 140 valence electrons. The monoisotopic (exact) mass is 444 g/mol. The van der Waals surface area contributed by atoms with E-state index < -0.39 is 5.69 Å². The molecule has 0 rings (SSSR count). The van der Waals surface area contributed by atoms with Gasteiger partial charge < -0.3 is 9.79 Å². The maximum absolute atomic E-state index is 10.8. The van der Waals surface area contributed by atoms with Crippen molar-refractivity contribution in [3.05, 3.63) is 0 Å². The van der Waals surface area contributed by atoms with Crippen molar-refractivity contribution >= 4 is 28.9 Å². The average Bonchev–Trinajstić information content (AvgIpc) is 2.49. The standard InChI is InChI=1S/C18H39O2PS2.Zn/c1-2-3-4-5-6-7-8-9-10-11-12-13-14-15-16-17-18-23-21(19,20)22;/h2-18H2,1H3,(H2,19,20,22);/q;+2/p-2. The Morgan fingerprint density at radius 2 is 0.917 bits per heavy atom. The van der Waals surface area contributed by atoms with Crippen LogP contribution in [-0.4, -0.2) is 5.75 Å². The van der Waals surface area contributed by atoms with E-state index in [0.717, 1.165) is 24.2 Å². The van der Waals surface area contributed by atoms with E-state index in [4.69, 9.17) is 0 Å². The zero-order valence-corrected chi connectivity index (χ0v) is 21.3. The van der Waals surface area contributed by atoms with Crippen LogP contribution >= 0.6 is 17.1 Å². The van der Waals surface area contributed by atoms with Crippen LogP contribution in [0, 0.1) is 0 Å². The van der Waals surface area contributed by atoms with Gasteiger partial charge in [0.25, 0.3) is 0 Å². The second kappa shape index (κ2) is 20.9. The Bertz CT molecular complexity index is 288. The molecule has 0 aliphatic carbocycles. The maximum Gasteiger partial charge on any atom is 2.00 e. The summed E-state index contributed by atoms with van der Waals surface area (Å²) in [5.74, 6) is 0.669. The Balaban J connectivity index is 0. The summed E-state index contributed by atoms with van der Waals surface area (Å²) in [4.78, 5) is 21.6. The summed E-state index contributed by atoms with van der Waals surface area (Å²) < 4.78 is 0. The summed E-state index contributed by atoms with van der Waals surface area (Å²) in [6.45, 7) is 2.27. The predicted octanol–water partition coefficient (Wildman–Crippen LogP) is 5.92. The maximum atomic E-state index is 10.8. The molecule has 0 saturated carbocycles. The molecule has 0 heterocycles. The van der Waals surface area contributed by atoms with Gasteiger partial charge >= 0.3 is 19.5 Å². The first kappa shape index (κ1) is 27.8. The average molecular weight is 446 g/mol. The number of unbranched alkanes of at least 4 members (excludes halogenated alkanes) is 15. The van der Waals surface area contributed by atoms with E-state index in [-0.39, 0.29) is 19.5 Å². The normalized spacial score (nSPS) is 11.5. The minimum absolute atomic E-state index is 0. The molecule has 0 unspecified atom stereocenters. The second-order valence-electron chi connectivity index (χ2n) is 6.58. The van der Waals surface area contributed by atoms with Crippen LogP contribution in [-0.2, 0) is 31.3 Å². The quantitative estimate of drug-likeness (QED) is 0.149. The van der Waals surface area contributed by atoms with Crippen LogP contribution in [0.3, 0.4) is 0 Å². The Hall–Kier alpha value is 1.54. The largest absolute Gasteiger partial charge is 2.00 e. The van der Waals surface area contributed by atoms with Crippen LogP contribution in [0.1, 0.15) is 110 Å². The first-order chi connectivity index (χ1) is 11.1. The summed E-state index contributed by atoms with van der Waals surface area (Å²) in [6, 6.07) is 0. The fraction of sp³-hybridized carbons (Fsp3) is 1.00. The Kier molecular flexibility index (Phi) is 24.1. The molecule has 0 N–H and O–H groups in total. The van der Waals surface area contributed by atoms with Crippen LogP contribution in [0.25, 0.3) is 0 Å². The van der Waals surface area contributed by atoms with Gasteiger partial charge in [-0.25, -0.2) is 0 Å². The molecule has 0 aliphatic rings. The zero-order chi connectivity index (χ0) is 17.2. The molecule has 24 heavy (non-hydrogen) atoms. The van der Waals surface area contributed by atoms with Crippen molar-refractivity contribution in [2.45, 2.75) is 110 Å². The minimum Gasteiger partial charge on any atom is -0.825 e. The van der Waals surface area contributed by atoms with Crippen molar-refractivity contribution < 1.29 is 29.3 Å². The van der Waals surface area contributed by atoms with Crippen LogP contribution < -0.4 is 9.79 Å². The summed E-state index contributed by atoms with van der Waals surface area (Å²) in [5.41, 5.74) is -3.51. The van der Waals surface area contributed by atoms with Gasteiger partial charge in [0.2, 0.25) is 0 Å². The molecular weight excluding hydrogens is 409 g/mol. The van der Waals surface area contributed by atoms with Crippen molar-refractivity contribution in [3.8, 4) is 0 Å². The molecule has 0 spiro atoms. The molecule has 2 nitrogen and oxygen atoms in total. The van der Waals surface area contributed by atoms with Crippen LogP contribution in [0.4, 0.5) is 0 Å². The Labute approximate surface area is 173 Å². The molecule has 0 saturated heterocycles. The van der Waals surface area contributed by atoms with E-state index in [1.54, 1.807) is 0 Å². The number of rotatable bonds is 18. The Morgan fingerprint density at radius 3 is 1.21 bits per heavy atom. The molecule has 6 heteroatoms. The first-order valence-corrected chi connectivity index (χ1v) is 14.0. The molecule has 0 aromatic carbocycles. The molecule has 0 radical (unpaired) electrons. The van der Waals surface area contributed by atoms with Crippen molar-refractivity contribution in [1.29, 1.82) is 0 Å². The fourth-order valence-electron chi connectivity index (χ4n) is 2.83. The first-order valence-electron chi connectivity index (χ1n) is 9.73. The van der Waals surface area contributed by atoms with Gasteiger partial charge in [-0.1, -0.05) is 103 Å². The summed E-state index contributed by atoms with van der Waals surface area (Å²) >= 11 is 5.29. The minimum atomic E-state index is -3.51. The fourth-order valence-corrected chi connectivity index (χ4v) is 5.11. The molecular formula is C18H37O2PS2Zn. The van der Waals surface area contributed by atoms with Gasteiger partial charge in [-0.05, 0) is 12.2 Å². The van der Waals surface area contributed by atoms with Gasteiger partial charge in [-0.15, -0.1) is 11.8 Å². The van der Waals surface area contributed by atoms with Crippen molar-refractivity contribution in [3.63, 3.8) is 0 Å². The van der Waals surface area contributed by atoms with Crippen molar-refractivity contribution in [2.75, 3.05) is 5.75 Å². The van der Waals surface area contributed by atoms with Gasteiger partial charge in [0, 0.05) is 0 Å². The van der Waals surface area contributed by atoms with Crippen LogP contribution in [0.15, 0.2) is 0 Å². The molecule has 0 amide bonds. The van der Waals surface area contributed by atoms with Gasteiger partial charge in [-0.3, -0.25) is 0 Å². The molecule has 0 aromatic rings.